The third kappa shape index (κ3) is 4.66. The van der Waals surface area contributed by atoms with Crippen molar-refractivity contribution in [3.8, 4) is 0 Å². The molecule has 0 aromatic heterocycles. The summed E-state index contributed by atoms with van der Waals surface area (Å²) in [6.45, 7) is 4.61. The number of nitrogens with zero attached hydrogens (tertiary/aromatic N) is 1. The van der Waals surface area contributed by atoms with Crippen LogP contribution in [-0.4, -0.2) is 44.3 Å². The van der Waals surface area contributed by atoms with E-state index in [0.29, 0.717) is 24.3 Å². The average molecular weight is 451 g/mol. The van der Waals surface area contributed by atoms with Crippen LogP contribution in [0.15, 0.2) is 41.3 Å². The number of halogens is 1. The first-order valence-electron chi connectivity index (χ1n) is 9.63. The molecule has 1 aliphatic rings. The molecule has 0 saturated carbocycles. The Bertz CT molecular complexity index is 1080. The Kier molecular flexibility index (Phi) is 6.80. The van der Waals surface area contributed by atoms with Gasteiger partial charge in [-0.25, -0.2) is 13.2 Å². The van der Waals surface area contributed by atoms with Crippen LogP contribution in [0, 0.1) is 6.92 Å². The van der Waals surface area contributed by atoms with Crippen LogP contribution in [0.2, 0.25) is 5.02 Å². The lowest BCUT2D eigenvalue weighted by Gasteiger charge is -2.18. The van der Waals surface area contributed by atoms with Crippen LogP contribution in [0.4, 0.5) is 5.69 Å². The van der Waals surface area contributed by atoms with Gasteiger partial charge in [-0.1, -0.05) is 17.7 Å². The van der Waals surface area contributed by atoms with Crippen molar-refractivity contribution in [1.82, 2.24) is 4.31 Å². The first kappa shape index (κ1) is 22.3. The highest BCUT2D eigenvalue weighted by Crippen LogP contribution is 2.26. The van der Waals surface area contributed by atoms with E-state index in [1.165, 1.54) is 28.6 Å². The molecule has 1 aliphatic heterocycles. The van der Waals surface area contributed by atoms with E-state index in [2.05, 4.69) is 5.32 Å². The first-order valence-corrected chi connectivity index (χ1v) is 11.4. The molecule has 1 N–H and O–H groups in total. The predicted molar refractivity (Wildman–Crippen MR) is 115 cm³/mol. The third-order valence-corrected chi connectivity index (χ3v) is 7.21. The quantitative estimate of drug-likeness (QED) is 0.674. The number of ether oxygens (including phenoxy) is 1. The minimum atomic E-state index is -3.64. The molecule has 3 rings (SSSR count). The van der Waals surface area contributed by atoms with Crippen LogP contribution in [0.5, 0.6) is 0 Å². The third-order valence-electron chi connectivity index (χ3n) is 4.86. The summed E-state index contributed by atoms with van der Waals surface area (Å²) < 4.78 is 32.2. The van der Waals surface area contributed by atoms with E-state index >= 15 is 0 Å². The topological polar surface area (TPSA) is 92.8 Å². The molecule has 2 aromatic rings. The Morgan fingerprint density at radius 2 is 1.83 bits per heavy atom. The summed E-state index contributed by atoms with van der Waals surface area (Å²) >= 11 is 6.13. The number of carbonyl (C=O) groups excluding carboxylic acids is 2. The Morgan fingerprint density at radius 3 is 2.47 bits per heavy atom. The molecule has 0 spiro atoms. The number of aryl methyl sites for hydroxylation is 1. The van der Waals surface area contributed by atoms with Gasteiger partial charge >= 0.3 is 5.97 Å². The molecule has 1 fully saturated rings. The highest BCUT2D eigenvalue weighted by atomic mass is 35.5. The zero-order chi connectivity index (χ0) is 21.9. The zero-order valence-electron chi connectivity index (χ0n) is 16.8. The molecule has 1 amide bonds. The molecule has 2 aromatic carbocycles. The van der Waals surface area contributed by atoms with Gasteiger partial charge in [0.2, 0.25) is 10.0 Å². The number of carbonyl (C=O) groups is 2. The van der Waals surface area contributed by atoms with Crippen molar-refractivity contribution in [2.45, 2.75) is 31.6 Å². The zero-order valence-corrected chi connectivity index (χ0v) is 18.3. The standard InChI is InChI=1S/C21H23ClN2O5S/c1-3-29-21(26)17-9-8-16(13-18(17)22)23-20(25)15-7-6-14(2)19(12-15)30(27,28)24-10-4-5-11-24/h6-9,12-13H,3-5,10-11H2,1-2H3,(H,23,25). The van der Waals surface area contributed by atoms with Gasteiger partial charge in [-0.05, 0) is 62.6 Å². The van der Waals surface area contributed by atoms with Crippen molar-refractivity contribution >= 4 is 39.2 Å². The van der Waals surface area contributed by atoms with Gasteiger partial charge in [0.25, 0.3) is 5.91 Å². The minimum Gasteiger partial charge on any atom is -0.462 e. The van der Waals surface area contributed by atoms with Crippen LogP contribution in [0.1, 0.15) is 46.0 Å². The maximum absolute atomic E-state index is 12.9. The Labute approximate surface area is 181 Å². The van der Waals surface area contributed by atoms with Gasteiger partial charge in [-0.3, -0.25) is 4.79 Å². The van der Waals surface area contributed by atoms with E-state index in [0.717, 1.165) is 12.8 Å². The fraction of sp³-hybridized carbons (Fsp3) is 0.333. The number of hydrogen-bond donors (Lipinski definition) is 1. The number of nitrogens with one attached hydrogen (secondary N) is 1. The van der Waals surface area contributed by atoms with Gasteiger partial charge in [0.15, 0.2) is 0 Å². The first-order chi connectivity index (χ1) is 14.2. The number of rotatable bonds is 6. The second-order valence-electron chi connectivity index (χ2n) is 6.96. The molecular weight excluding hydrogens is 428 g/mol. The summed E-state index contributed by atoms with van der Waals surface area (Å²) in [4.78, 5) is 24.7. The van der Waals surface area contributed by atoms with E-state index in [4.69, 9.17) is 16.3 Å². The Morgan fingerprint density at radius 1 is 1.13 bits per heavy atom. The van der Waals surface area contributed by atoms with Gasteiger partial charge in [0, 0.05) is 24.3 Å². The Balaban J connectivity index is 1.82. The van der Waals surface area contributed by atoms with Crippen LogP contribution in [0.25, 0.3) is 0 Å². The maximum Gasteiger partial charge on any atom is 0.339 e. The van der Waals surface area contributed by atoms with E-state index in [1.54, 1.807) is 26.0 Å². The molecule has 9 heteroatoms. The number of benzene rings is 2. The predicted octanol–water partition coefficient (Wildman–Crippen LogP) is 3.86. The van der Waals surface area contributed by atoms with Crippen molar-refractivity contribution < 1.29 is 22.7 Å². The average Bonchev–Trinajstić information content (AvgIpc) is 3.24. The summed E-state index contributed by atoms with van der Waals surface area (Å²) in [5.41, 5.74) is 1.37. The number of anilines is 1. The van der Waals surface area contributed by atoms with Gasteiger partial charge < -0.3 is 10.1 Å². The van der Waals surface area contributed by atoms with Crippen LogP contribution < -0.4 is 5.32 Å². The van der Waals surface area contributed by atoms with Gasteiger partial charge in [0.1, 0.15) is 0 Å². The summed E-state index contributed by atoms with van der Waals surface area (Å²) in [7, 11) is -3.64. The van der Waals surface area contributed by atoms with E-state index in [1.807, 2.05) is 0 Å². The molecule has 30 heavy (non-hydrogen) atoms. The summed E-state index contributed by atoms with van der Waals surface area (Å²) in [5.74, 6) is -1.02. The number of esters is 1. The lowest BCUT2D eigenvalue weighted by molar-refractivity contribution is 0.0526. The van der Waals surface area contributed by atoms with E-state index in [-0.39, 0.29) is 27.7 Å². The molecule has 1 saturated heterocycles. The highest BCUT2D eigenvalue weighted by molar-refractivity contribution is 7.89. The van der Waals surface area contributed by atoms with Crippen LogP contribution in [0.3, 0.4) is 0 Å². The van der Waals surface area contributed by atoms with E-state index < -0.39 is 21.9 Å². The van der Waals surface area contributed by atoms with Crippen LogP contribution >= 0.6 is 11.6 Å². The second-order valence-corrected chi connectivity index (χ2v) is 9.27. The molecule has 1 heterocycles. The normalized spacial score (nSPS) is 14.5. The molecule has 0 radical (unpaired) electrons. The molecule has 0 unspecified atom stereocenters. The monoisotopic (exact) mass is 450 g/mol. The second kappa shape index (κ2) is 9.16. The lowest BCUT2D eigenvalue weighted by Crippen LogP contribution is -2.28. The van der Waals surface area contributed by atoms with Gasteiger partial charge in [0.05, 0.1) is 22.1 Å². The molecule has 0 bridgehead atoms. The fourth-order valence-corrected chi connectivity index (χ4v) is 5.28. The largest absolute Gasteiger partial charge is 0.462 e. The molecule has 160 valence electrons. The lowest BCUT2D eigenvalue weighted by atomic mass is 10.1. The van der Waals surface area contributed by atoms with Crippen molar-refractivity contribution in [3.63, 3.8) is 0 Å². The van der Waals surface area contributed by atoms with Gasteiger partial charge in [-0.15, -0.1) is 0 Å². The van der Waals surface area contributed by atoms with Crippen molar-refractivity contribution in [3.05, 3.63) is 58.1 Å². The SMILES string of the molecule is CCOC(=O)c1ccc(NC(=O)c2ccc(C)c(S(=O)(=O)N3CCCC3)c2)cc1Cl. The van der Waals surface area contributed by atoms with Crippen molar-refractivity contribution in [2.24, 2.45) is 0 Å². The fourth-order valence-electron chi connectivity index (χ4n) is 3.26. The summed E-state index contributed by atoms with van der Waals surface area (Å²) in [5, 5.41) is 2.83. The molecular formula is C21H23ClN2O5S. The Hall–Kier alpha value is -2.42. The molecule has 0 atom stereocenters. The van der Waals surface area contributed by atoms with Crippen molar-refractivity contribution in [2.75, 3.05) is 25.0 Å². The minimum absolute atomic E-state index is 0.132. The molecule has 0 aliphatic carbocycles. The number of amides is 1. The maximum atomic E-state index is 12.9. The molecule has 7 nitrogen and oxygen atoms in total. The summed E-state index contributed by atoms with van der Waals surface area (Å²) in [6.07, 6.45) is 1.67. The number of hydrogen-bond acceptors (Lipinski definition) is 5. The van der Waals surface area contributed by atoms with Gasteiger partial charge in [-0.2, -0.15) is 4.31 Å². The number of sulfonamides is 1. The summed E-state index contributed by atoms with van der Waals surface area (Å²) in [6, 6.07) is 9.03. The highest BCUT2D eigenvalue weighted by Gasteiger charge is 2.29. The van der Waals surface area contributed by atoms with Crippen molar-refractivity contribution in [1.29, 1.82) is 0 Å². The van der Waals surface area contributed by atoms with E-state index in [9.17, 15) is 18.0 Å². The van der Waals surface area contributed by atoms with Crippen LogP contribution in [-0.2, 0) is 14.8 Å². The smallest absolute Gasteiger partial charge is 0.339 e.